The van der Waals surface area contributed by atoms with Crippen molar-refractivity contribution in [2.45, 2.75) is 0 Å². The quantitative estimate of drug-likeness (QED) is 0.126. The van der Waals surface area contributed by atoms with E-state index in [9.17, 15) is 58.8 Å². The Morgan fingerprint density at radius 3 is 0.712 bits per heavy atom. The third-order valence-electron chi connectivity index (χ3n) is 9.39. The number of rotatable bonds is 8. The van der Waals surface area contributed by atoms with Gasteiger partial charge in [0, 0.05) is 48.9 Å². The molecular formula is C44H48N8O14. The number of carbonyl (C=O) groups excluding carboxylic acids is 4. The lowest BCUT2D eigenvalue weighted by Crippen LogP contribution is -2.44. The molecule has 0 aromatic heterocycles. The van der Waals surface area contributed by atoms with Gasteiger partial charge in [-0.2, -0.15) is 0 Å². The average Bonchev–Trinajstić information content (AvgIpc) is 3.23. The zero-order valence-corrected chi connectivity index (χ0v) is 35.4. The van der Waals surface area contributed by atoms with E-state index in [1.54, 1.807) is 97.1 Å². The lowest BCUT2D eigenvalue weighted by atomic mass is 10.2. The number of hydrogen-bond donors (Lipinski definition) is 8. The highest BCUT2D eigenvalue weighted by Gasteiger charge is 2.21. The van der Waals surface area contributed by atoms with Crippen molar-refractivity contribution >= 4 is 70.3 Å². The van der Waals surface area contributed by atoms with Crippen molar-refractivity contribution in [2.75, 3.05) is 99.8 Å². The van der Waals surface area contributed by atoms with Crippen LogP contribution in [0.4, 0.5) is 22.7 Å². The maximum absolute atomic E-state index is 13.0. The van der Waals surface area contributed by atoms with Gasteiger partial charge in [0.05, 0.1) is 52.4 Å². The molecule has 4 aromatic rings. The summed E-state index contributed by atoms with van der Waals surface area (Å²) in [6.45, 7) is -3.87. The first kappa shape index (κ1) is 49.1. The Balaban J connectivity index is 1.32. The van der Waals surface area contributed by atoms with E-state index >= 15 is 0 Å². The number of aliphatic carboxylic acids is 4. The summed E-state index contributed by atoms with van der Waals surface area (Å²) in [6, 6.07) is 25.1. The van der Waals surface area contributed by atoms with Crippen LogP contribution in [0.5, 0.6) is 23.0 Å². The molecule has 0 saturated carbocycles. The Morgan fingerprint density at radius 2 is 0.545 bits per heavy atom. The van der Waals surface area contributed by atoms with E-state index in [1.165, 1.54) is 19.6 Å². The van der Waals surface area contributed by atoms with Gasteiger partial charge >= 0.3 is 23.9 Å². The van der Waals surface area contributed by atoms with E-state index in [1.807, 2.05) is 0 Å². The summed E-state index contributed by atoms with van der Waals surface area (Å²) in [4.78, 5) is 104. The molecule has 0 spiro atoms. The van der Waals surface area contributed by atoms with E-state index in [0.29, 0.717) is 45.7 Å². The van der Waals surface area contributed by atoms with Gasteiger partial charge < -0.3 is 51.2 Å². The molecule has 0 atom stereocenters. The molecule has 7 aliphatic heterocycles. The van der Waals surface area contributed by atoms with Crippen LogP contribution in [0.25, 0.3) is 0 Å². The zero-order chi connectivity index (χ0) is 47.6. The molecule has 11 rings (SSSR count). The molecule has 0 saturated heterocycles. The number of nitrogens with one attached hydrogen (secondary N) is 4. The van der Waals surface area contributed by atoms with Crippen molar-refractivity contribution in [2.24, 2.45) is 0 Å². The second-order valence-electron chi connectivity index (χ2n) is 14.9. The van der Waals surface area contributed by atoms with E-state index in [2.05, 4.69) is 21.3 Å². The standard InChI is InChI=1S/C44H48N8O14/c53-37-21-49(25-41(57)58)17-18-50(26-42(59)60)22-39(55)47-31-5-13-35(14-6-31)66-36-15-7-32(8-16-36)48-40(56)24-52(28-44(63)64)20-19-51(27-43(61)62)23-38(54)46-30-3-11-34(12-4-30)65-33-9-1-29(45-37)2-10-33/h1-16H,17-28H2,(H,45,53)(H,46,54)(H,47,55)(H,48,56)(H,57,58)(H,59,60)(H,61,62)(H,63,64). The third kappa shape index (κ3) is 17.7. The summed E-state index contributed by atoms with van der Waals surface area (Å²) >= 11 is 0. The minimum atomic E-state index is -1.22. The van der Waals surface area contributed by atoms with Gasteiger partial charge in [0.25, 0.3) is 0 Å². The van der Waals surface area contributed by atoms with Crippen LogP contribution >= 0.6 is 0 Å². The number of anilines is 4. The van der Waals surface area contributed by atoms with Gasteiger partial charge in [-0.05, 0) is 97.1 Å². The highest BCUT2D eigenvalue weighted by Crippen LogP contribution is 2.26. The van der Waals surface area contributed by atoms with Crippen molar-refractivity contribution in [3.8, 4) is 23.0 Å². The minimum absolute atomic E-state index is 0.0660. The van der Waals surface area contributed by atoms with E-state index in [-0.39, 0.29) is 52.4 Å². The fourth-order valence-electron chi connectivity index (χ4n) is 6.50. The van der Waals surface area contributed by atoms with Crippen molar-refractivity contribution in [3.05, 3.63) is 97.1 Å². The van der Waals surface area contributed by atoms with E-state index in [0.717, 1.165) is 0 Å². The molecule has 0 fully saturated rings. The highest BCUT2D eigenvalue weighted by molar-refractivity contribution is 5.94. The molecular weight excluding hydrogens is 865 g/mol. The predicted octanol–water partition coefficient (Wildman–Crippen LogP) is 2.29. The molecule has 0 aliphatic carbocycles. The number of benzene rings is 4. The normalized spacial score (nSPS) is 16.1. The second-order valence-corrected chi connectivity index (χ2v) is 14.9. The van der Waals surface area contributed by atoms with Crippen LogP contribution in [-0.2, 0) is 38.4 Å². The number of carboxylic acids is 4. The topological polar surface area (TPSA) is 297 Å². The Morgan fingerprint density at radius 1 is 0.364 bits per heavy atom. The zero-order valence-electron chi connectivity index (χ0n) is 35.4. The molecule has 4 amide bonds. The third-order valence-corrected chi connectivity index (χ3v) is 9.39. The minimum Gasteiger partial charge on any atom is -0.480 e. The molecule has 0 radical (unpaired) electrons. The fourth-order valence-corrected chi connectivity index (χ4v) is 6.50. The first-order chi connectivity index (χ1) is 31.5. The highest BCUT2D eigenvalue weighted by atomic mass is 16.5. The van der Waals surface area contributed by atoms with Crippen molar-refractivity contribution in [1.29, 1.82) is 0 Å². The Labute approximate surface area is 377 Å². The number of carbonyl (C=O) groups is 8. The summed E-state index contributed by atoms with van der Waals surface area (Å²) < 4.78 is 11.8. The Hall–Kier alpha value is -7.92. The van der Waals surface area contributed by atoms with E-state index in [4.69, 9.17) is 9.47 Å². The first-order valence-electron chi connectivity index (χ1n) is 20.3. The maximum Gasteiger partial charge on any atom is 0.317 e. The number of carboxylic acid groups (broad SMARTS) is 4. The predicted molar refractivity (Wildman–Crippen MR) is 237 cm³/mol. The summed E-state index contributed by atoms with van der Waals surface area (Å²) in [5.41, 5.74) is 1.48. The van der Waals surface area contributed by atoms with Crippen LogP contribution < -0.4 is 30.7 Å². The summed E-state index contributed by atoms with van der Waals surface area (Å²) in [6.07, 6.45) is 0. The van der Waals surface area contributed by atoms with Gasteiger partial charge in [-0.3, -0.25) is 58.0 Å². The van der Waals surface area contributed by atoms with Crippen LogP contribution in [0.3, 0.4) is 0 Å². The van der Waals surface area contributed by atoms with Gasteiger partial charge in [0.2, 0.25) is 23.6 Å². The monoisotopic (exact) mass is 912 g/mol. The average molecular weight is 913 g/mol. The SMILES string of the molecule is O=C(O)CN1CCN(CC(=O)O)CC(=O)Nc2ccc(cc2)Oc2ccc(cc2)NC(=O)CN(CC(=O)O)CCN(CC(=O)O)CC(=O)Nc2ccc(cc2)Oc2ccc(cc2)NC(=O)C1. The van der Waals surface area contributed by atoms with Crippen LogP contribution in [0.1, 0.15) is 0 Å². The maximum atomic E-state index is 13.0. The largest absolute Gasteiger partial charge is 0.480 e. The second kappa shape index (κ2) is 24.2. The smallest absolute Gasteiger partial charge is 0.317 e. The first-order valence-corrected chi connectivity index (χ1v) is 20.3. The molecule has 8 N–H and O–H groups in total. The number of hydrogen-bond acceptors (Lipinski definition) is 14. The van der Waals surface area contributed by atoms with Crippen molar-refractivity contribution in [1.82, 2.24) is 19.6 Å². The molecule has 348 valence electrons. The van der Waals surface area contributed by atoms with Crippen LogP contribution in [0.2, 0.25) is 0 Å². The van der Waals surface area contributed by atoms with Crippen molar-refractivity contribution < 1.29 is 68.3 Å². The molecule has 4 aromatic carbocycles. The molecule has 0 unspecified atom stereocenters. The van der Waals surface area contributed by atoms with Gasteiger partial charge in [-0.15, -0.1) is 0 Å². The van der Waals surface area contributed by atoms with Crippen LogP contribution in [0.15, 0.2) is 97.1 Å². The van der Waals surface area contributed by atoms with Gasteiger partial charge in [0.15, 0.2) is 0 Å². The van der Waals surface area contributed by atoms with Gasteiger partial charge in [-0.1, -0.05) is 0 Å². The molecule has 22 nitrogen and oxygen atoms in total. The van der Waals surface area contributed by atoms with Crippen LogP contribution in [0, 0.1) is 0 Å². The number of nitrogens with zero attached hydrogens (tertiary/aromatic N) is 4. The molecule has 7 aliphatic rings. The Kier molecular flexibility index (Phi) is 18.0. The molecule has 22 heteroatoms. The molecule has 8 bridgehead atoms. The number of amides is 4. The fraction of sp³-hybridized carbons (Fsp3) is 0.273. The van der Waals surface area contributed by atoms with Gasteiger partial charge in [-0.25, -0.2) is 0 Å². The van der Waals surface area contributed by atoms with Crippen molar-refractivity contribution in [3.63, 3.8) is 0 Å². The molecule has 66 heavy (non-hydrogen) atoms. The summed E-state index contributed by atoms with van der Waals surface area (Å²) in [7, 11) is 0. The summed E-state index contributed by atoms with van der Waals surface area (Å²) in [5, 5.41) is 48.8. The summed E-state index contributed by atoms with van der Waals surface area (Å²) in [5.74, 6) is -5.55. The van der Waals surface area contributed by atoms with Crippen LogP contribution in [-0.4, -0.2) is 166 Å². The molecule has 7 heterocycles. The van der Waals surface area contributed by atoms with E-state index < -0.39 is 73.7 Å². The lowest BCUT2D eigenvalue weighted by molar-refractivity contribution is -0.140. The van der Waals surface area contributed by atoms with Gasteiger partial charge in [0.1, 0.15) is 23.0 Å². The number of ether oxygens (including phenoxy) is 2. The Bertz CT molecular complexity index is 2020. The lowest BCUT2D eigenvalue weighted by Gasteiger charge is -2.25.